The second-order valence-corrected chi connectivity index (χ2v) is 9.74. The summed E-state index contributed by atoms with van der Waals surface area (Å²) in [6, 6.07) is 23.1. The third-order valence-corrected chi connectivity index (χ3v) is 7.38. The van der Waals surface area contributed by atoms with Crippen LogP contribution in [0.5, 0.6) is 11.5 Å². The van der Waals surface area contributed by atoms with Gasteiger partial charge in [-0.2, -0.15) is 9.61 Å². The summed E-state index contributed by atoms with van der Waals surface area (Å²) in [7, 11) is 3.27. The molecule has 0 atom stereocenters. The van der Waals surface area contributed by atoms with Crippen LogP contribution in [0.3, 0.4) is 0 Å². The first-order valence-electron chi connectivity index (χ1n) is 12.1. The maximum absolute atomic E-state index is 13.8. The summed E-state index contributed by atoms with van der Waals surface area (Å²) >= 11 is 1.50. The van der Waals surface area contributed by atoms with E-state index in [4.69, 9.17) is 14.5 Å². The first-order valence-corrected chi connectivity index (χ1v) is 13.1. The smallest absolute Gasteiger partial charge is 0.353 e. The van der Waals surface area contributed by atoms with Crippen molar-refractivity contribution >= 4 is 17.4 Å². The number of ether oxygens (including phenoxy) is 2. The van der Waals surface area contributed by atoms with Gasteiger partial charge in [0, 0.05) is 11.3 Å². The standard InChI is InChI=1S/C29H28N4O4S/c1-19-26(23-10-4-21(17-34)5-11-23)27-30-28(38-18-22-8-14-25(37-3)15-9-22)32(29(35)33(27)31-19)16-20-6-12-24(36-2)13-7-20/h4-15,34H,16-18H2,1-3H3. The molecule has 0 saturated heterocycles. The molecule has 0 bridgehead atoms. The number of rotatable bonds is 9. The van der Waals surface area contributed by atoms with Crippen molar-refractivity contribution in [2.75, 3.05) is 14.2 Å². The molecule has 3 aromatic carbocycles. The summed E-state index contributed by atoms with van der Waals surface area (Å²) in [5.74, 6) is 2.17. The summed E-state index contributed by atoms with van der Waals surface area (Å²) in [6.07, 6.45) is 0. The normalized spacial score (nSPS) is 11.2. The highest BCUT2D eigenvalue weighted by Crippen LogP contribution is 2.29. The van der Waals surface area contributed by atoms with Gasteiger partial charge in [0.15, 0.2) is 10.8 Å². The molecule has 1 N–H and O–H groups in total. The zero-order valence-electron chi connectivity index (χ0n) is 21.4. The van der Waals surface area contributed by atoms with E-state index in [2.05, 4.69) is 5.10 Å². The maximum atomic E-state index is 13.8. The van der Waals surface area contributed by atoms with E-state index in [1.54, 1.807) is 18.8 Å². The lowest BCUT2D eigenvalue weighted by Gasteiger charge is -2.13. The fraction of sp³-hybridized carbons (Fsp3) is 0.207. The summed E-state index contributed by atoms with van der Waals surface area (Å²) in [6.45, 7) is 2.19. The van der Waals surface area contributed by atoms with E-state index < -0.39 is 0 Å². The zero-order chi connectivity index (χ0) is 26.6. The minimum atomic E-state index is -0.260. The molecule has 2 aromatic heterocycles. The van der Waals surface area contributed by atoms with Gasteiger partial charge in [0.05, 0.1) is 33.1 Å². The molecule has 0 fully saturated rings. The van der Waals surface area contributed by atoms with Crippen molar-refractivity contribution < 1.29 is 14.6 Å². The van der Waals surface area contributed by atoms with Gasteiger partial charge in [0.25, 0.3) is 0 Å². The molecule has 0 aliphatic rings. The molecule has 9 heteroatoms. The van der Waals surface area contributed by atoms with Gasteiger partial charge in [-0.05, 0) is 53.4 Å². The molecule has 0 aliphatic heterocycles. The summed E-state index contributed by atoms with van der Waals surface area (Å²) in [5, 5.41) is 14.6. The van der Waals surface area contributed by atoms with E-state index in [-0.39, 0.29) is 12.3 Å². The van der Waals surface area contributed by atoms with Crippen LogP contribution in [0, 0.1) is 6.92 Å². The number of hydrogen-bond donors (Lipinski definition) is 1. The largest absolute Gasteiger partial charge is 0.497 e. The first kappa shape index (κ1) is 25.6. The van der Waals surface area contributed by atoms with Crippen molar-refractivity contribution in [3.8, 4) is 22.6 Å². The fourth-order valence-electron chi connectivity index (χ4n) is 4.24. The monoisotopic (exact) mass is 528 g/mol. The molecule has 8 nitrogen and oxygen atoms in total. The Balaban J connectivity index is 1.60. The number of nitrogens with zero attached hydrogens (tertiary/aromatic N) is 4. The highest BCUT2D eigenvalue weighted by Gasteiger charge is 2.20. The van der Waals surface area contributed by atoms with Crippen molar-refractivity contribution in [3.63, 3.8) is 0 Å². The number of benzene rings is 3. The first-order chi connectivity index (χ1) is 18.5. The Hall–Kier alpha value is -4.08. The number of aliphatic hydroxyl groups is 1. The Labute approximate surface area is 224 Å². The van der Waals surface area contributed by atoms with E-state index in [0.29, 0.717) is 28.8 Å². The van der Waals surface area contributed by atoms with Gasteiger partial charge in [0.2, 0.25) is 0 Å². The van der Waals surface area contributed by atoms with Gasteiger partial charge < -0.3 is 14.6 Å². The second kappa shape index (κ2) is 11.1. The van der Waals surface area contributed by atoms with E-state index in [1.165, 1.54) is 16.3 Å². The Kier molecular flexibility index (Phi) is 7.48. The minimum absolute atomic E-state index is 0.0332. The van der Waals surface area contributed by atoms with Crippen LogP contribution >= 0.6 is 11.8 Å². The molecular formula is C29H28N4O4S. The minimum Gasteiger partial charge on any atom is -0.497 e. The number of methoxy groups -OCH3 is 2. The van der Waals surface area contributed by atoms with Gasteiger partial charge in [0.1, 0.15) is 11.5 Å². The lowest BCUT2D eigenvalue weighted by atomic mass is 10.0. The molecule has 0 radical (unpaired) electrons. The molecule has 5 aromatic rings. The van der Waals surface area contributed by atoms with Gasteiger partial charge in [-0.1, -0.05) is 60.3 Å². The molecule has 38 heavy (non-hydrogen) atoms. The molecule has 0 unspecified atom stereocenters. The van der Waals surface area contributed by atoms with Gasteiger partial charge in [-0.3, -0.25) is 4.57 Å². The summed E-state index contributed by atoms with van der Waals surface area (Å²) < 4.78 is 13.6. The van der Waals surface area contributed by atoms with Crippen molar-refractivity contribution in [1.82, 2.24) is 19.2 Å². The van der Waals surface area contributed by atoms with E-state index >= 15 is 0 Å². The van der Waals surface area contributed by atoms with E-state index in [0.717, 1.165) is 39.3 Å². The molecule has 0 spiro atoms. The molecule has 0 amide bonds. The van der Waals surface area contributed by atoms with Crippen LogP contribution in [0.1, 0.15) is 22.4 Å². The van der Waals surface area contributed by atoms with Gasteiger partial charge in [-0.25, -0.2) is 9.78 Å². The predicted molar refractivity (Wildman–Crippen MR) is 148 cm³/mol. The fourth-order valence-corrected chi connectivity index (χ4v) is 5.18. The number of fused-ring (bicyclic) bond motifs is 1. The molecular weight excluding hydrogens is 500 g/mol. The highest BCUT2D eigenvalue weighted by molar-refractivity contribution is 7.98. The number of thioether (sulfide) groups is 1. The van der Waals surface area contributed by atoms with Crippen LogP contribution in [0.2, 0.25) is 0 Å². The predicted octanol–water partition coefficient (Wildman–Crippen LogP) is 4.72. The van der Waals surface area contributed by atoms with E-state index in [9.17, 15) is 9.90 Å². The Morgan fingerprint density at radius 1 is 0.842 bits per heavy atom. The van der Waals surface area contributed by atoms with Crippen molar-refractivity contribution in [2.24, 2.45) is 0 Å². The molecule has 0 aliphatic carbocycles. The number of aromatic nitrogens is 4. The van der Waals surface area contributed by atoms with Crippen LogP contribution in [-0.4, -0.2) is 38.5 Å². The number of aliphatic hydroxyl groups excluding tert-OH is 1. The van der Waals surface area contributed by atoms with Crippen LogP contribution in [0.25, 0.3) is 16.8 Å². The summed E-state index contributed by atoms with van der Waals surface area (Å²) in [5.41, 5.74) is 5.49. The number of aryl methyl sites for hydroxylation is 1. The van der Waals surface area contributed by atoms with Crippen molar-refractivity contribution in [3.05, 3.63) is 106 Å². The average Bonchev–Trinajstić information content (AvgIpc) is 3.30. The lowest BCUT2D eigenvalue weighted by molar-refractivity contribution is 0.282. The van der Waals surface area contributed by atoms with Crippen molar-refractivity contribution in [2.45, 2.75) is 31.0 Å². The number of hydrogen-bond acceptors (Lipinski definition) is 7. The van der Waals surface area contributed by atoms with Crippen LogP contribution in [0.15, 0.2) is 82.7 Å². The van der Waals surface area contributed by atoms with E-state index in [1.807, 2.05) is 79.7 Å². The van der Waals surface area contributed by atoms with Crippen molar-refractivity contribution in [1.29, 1.82) is 0 Å². The molecule has 0 saturated carbocycles. The van der Waals surface area contributed by atoms with Crippen LogP contribution < -0.4 is 15.2 Å². The Morgan fingerprint density at radius 2 is 1.42 bits per heavy atom. The molecule has 5 rings (SSSR count). The van der Waals surface area contributed by atoms with Gasteiger partial charge in [-0.15, -0.1) is 0 Å². The average molecular weight is 529 g/mol. The van der Waals surface area contributed by atoms with Gasteiger partial charge >= 0.3 is 5.69 Å². The SMILES string of the molecule is COc1ccc(CSc2nc3c(-c4ccc(CO)cc4)c(C)nn3c(=O)n2Cc2ccc(OC)cc2)cc1. The zero-order valence-corrected chi connectivity index (χ0v) is 22.2. The third-order valence-electron chi connectivity index (χ3n) is 6.33. The quantitative estimate of drug-likeness (QED) is 0.277. The van der Waals surface area contributed by atoms with Crippen LogP contribution in [0.4, 0.5) is 0 Å². The highest BCUT2D eigenvalue weighted by atomic mass is 32.2. The maximum Gasteiger partial charge on any atom is 0.353 e. The lowest BCUT2D eigenvalue weighted by Crippen LogP contribution is -2.30. The second-order valence-electron chi connectivity index (χ2n) is 8.80. The Bertz CT molecular complexity index is 1610. The molecule has 2 heterocycles. The molecule has 194 valence electrons. The topological polar surface area (TPSA) is 90.9 Å². The van der Waals surface area contributed by atoms with Crippen LogP contribution in [-0.2, 0) is 18.9 Å². The summed E-state index contributed by atoms with van der Waals surface area (Å²) in [4.78, 5) is 18.8. The Morgan fingerprint density at radius 3 is 2.00 bits per heavy atom. The third kappa shape index (κ3) is 5.16.